The normalized spacial score (nSPS) is 22.6. The molecule has 1 aromatic carbocycles. The quantitative estimate of drug-likeness (QED) is 0.883. The Kier molecular flexibility index (Phi) is 4.11. The number of hydrogen-bond donors (Lipinski definition) is 2. The molecule has 4 heteroatoms. The fourth-order valence-corrected chi connectivity index (χ4v) is 2.72. The van der Waals surface area contributed by atoms with Gasteiger partial charge in [-0.3, -0.25) is 0 Å². The number of nitrogens with two attached hydrogens (primary N) is 1. The van der Waals surface area contributed by atoms with Crippen LogP contribution in [0.1, 0.15) is 37.4 Å². The zero-order chi connectivity index (χ0) is 14.2. The van der Waals surface area contributed by atoms with Gasteiger partial charge in [0.1, 0.15) is 5.82 Å². The summed E-state index contributed by atoms with van der Waals surface area (Å²) in [6.45, 7) is 7.17. The second kappa shape index (κ2) is 5.47. The maximum Gasteiger partial charge on any atom is 0.126 e. The molecule has 1 aromatic rings. The number of aryl methyl sites for hydroxylation is 1. The zero-order valence-corrected chi connectivity index (χ0v) is 11.9. The van der Waals surface area contributed by atoms with E-state index in [-0.39, 0.29) is 23.9 Å². The van der Waals surface area contributed by atoms with Crippen molar-refractivity contribution in [3.8, 4) is 0 Å². The van der Waals surface area contributed by atoms with Crippen LogP contribution in [0, 0.1) is 18.7 Å². The molecule has 1 saturated heterocycles. The summed E-state index contributed by atoms with van der Waals surface area (Å²) in [5.74, 6) is 0.0774. The van der Waals surface area contributed by atoms with E-state index in [0.717, 1.165) is 30.8 Å². The molecule has 3 atom stereocenters. The molecule has 0 aliphatic carbocycles. The third-order valence-electron chi connectivity index (χ3n) is 4.05. The van der Waals surface area contributed by atoms with E-state index in [1.54, 1.807) is 13.0 Å². The van der Waals surface area contributed by atoms with Crippen LogP contribution >= 0.6 is 0 Å². The minimum atomic E-state index is -0.301. The molecule has 0 bridgehead atoms. The lowest BCUT2D eigenvalue weighted by Gasteiger charge is -2.25. The highest BCUT2D eigenvalue weighted by atomic mass is 19.1. The Labute approximate surface area is 114 Å². The van der Waals surface area contributed by atoms with E-state index in [4.69, 9.17) is 5.73 Å². The molecule has 3 N–H and O–H groups in total. The van der Waals surface area contributed by atoms with Crippen molar-refractivity contribution >= 4 is 5.69 Å². The van der Waals surface area contributed by atoms with Crippen molar-refractivity contribution in [1.29, 1.82) is 0 Å². The van der Waals surface area contributed by atoms with Gasteiger partial charge in [0.15, 0.2) is 0 Å². The average molecular weight is 266 g/mol. The molecule has 0 radical (unpaired) electrons. The second-order valence-corrected chi connectivity index (χ2v) is 5.68. The van der Waals surface area contributed by atoms with Crippen molar-refractivity contribution in [3.05, 3.63) is 29.1 Å². The monoisotopic (exact) mass is 266 g/mol. The highest BCUT2D eigenvalue weighted by Gasteiger charge is 2.28. The Balaban J connectivity index is 2.32. The summed E-state index contributed by atoms with van der Waals surface area (Å²) in [5, 5.41) is 9.68. The van der Waals surface area contributed by atoms with Crippen LogP contribution in [0.5, 0.6) is 0 Å². The van der Waals surface area contributed by atoms with Gasteiger partial charge in [-0.05, 0) is 50.5 Å². The van der Waals surface area contributed by atoms with Gasteiger partial charge in [0.05, 0.1) is 6.10 Å². The van der Waals surface area contributed by atoms with Gasteiger partial charge in [0.25, 0.3) is 0 Å². The Morgan fingerprint density at radius 3 is 2.63 bits per heavy atom. The third-order valence-corrected chi connectivity index (χ3v) is 4.05. The molecule has 1 aliphatic heterocycles. The van der Waals surface area contributed by atoms with Gasteiger partial charge in [-0.15, -0.1) is 0 Å². The molecule has 0 spiro atoms. The summed E-state index contributed by atoms with van der Waals surface area (Å²) in [5.41, 5.74) is 8.44. The summed E-state index contributed by atoms with van der Waals surface area (Å²) < 4.78 is 13.7. The Hall–Kier alpha value is -1.13. The van der Waals surface area contributed by atoms with E-state index in [2.05, 4.69) is 4.90 Å². The summed E-state index contributed by atoms with van der Waals surface area (Å²) >= 11 is 0. The first-order valence-corrected chi connectivity index (χ1v) is 6.88. The second-order valence-electron chi connectivity index (χ2n) is 5.68. The van der Waals surface area contributed by atoms with E-state index in [9.17, 15) is 9.50 Å². The lowest BCUT2D eigenvalue weighted by molar-refractivity contribution is 0.136. The summed E-state index contributed by atoms with van der Waals surface area (Å²) in [4.78, 5) is 2.21. The fraction of sp³-hybridized carbons (Fsp3) is 0.600. The van der Waals surface area contributed by atoms with Crippen LogP contribution in [0.15, 0.2) is 12.1 Å². The lowest BCUT2D eigenvalue weighted by Crippen LogP contribution is -2.26. The van der Waals surface area contributed by atoms with E-state index in [1.165, 1.54) is 0 Å². The van der Waals surface area contributed by atoms with E-state index in [1.807, 2.05) is 19.9 Å². The minimum Gasteiger partial charge on any atom is -0.393 e. The first kappa shape index (κ1) is 14.3. The Morgan fingerprint density at radius 1 is 1.42 bits per heavy atom. The molecular weight excluding hydrogens is 243 g/mol. The molecule has 2 rings (SSSR count). The van der Waals surface area contributed by atoms with Crippen LogP contribution in [-0.2, 0) is 0 Å². The van der Waals surface area contributed by atoms with Gasteiger partial charge in [-0.25, -0.2) is 4.39 Å². The van der Waals surface area contributed by atoms with E-state index >= 15 is 0 Å². The predicted molar refractivity (Wildman–Crippen MR) is 75.7 cm³/mol. The van der Waals surface area contributed by atoms with Crippen molar-refractivity contribution in [2.24, 2.45) is 11.7 Å². The maximum atomic E-state index is 13.7. The van der Waals surface area contributed by atoms with Crippen molar-refractivity contribution in [1.82, 2.24) is 0 Å². The number of rotatable bonds is 3. The summed E-state index contributed by atoms with van der Waals surface area (Å²) in [7, 11) is 0. The standard InChI is InChI=1S/C15H23FN2O/c1-9-6-15(13(10(2)17)7-14(9)16)18-5-4-12(8-18)11(3)19/h6-7,10-12,19H,4-5,8,17H2,1-3H3/t10-,11?,12?/m0/s1. The van der Waals surface area contributed by atoms with Gasteiger partial charge in [-0.1, -0.05) is 0 Å². The zero-order valence-electron chi connectivity index (χ0n) is 11.9. The Bertz CT molecular complexity index is 460. The number of nitrogens with zero attached hydrogens (tertiary/aromatic N) is 1. The molecular formula is C15H23FN2O. The highest BCUT2D eigenvalue weighted by molar-refractivity contribution is 5.57. The molecule has 0 aromatic heterocycles. The van der Waals surface area contributed by atoms with Gasteiger partial charge < -0.3 is 15.7 Å². The largest absolute Gasteiger partial charge is 0.393 e. The van der Waals surface area contributed by atoms with Gasteiger partial charge in [0, 0.05) is 30.7 Å². The lowest BCUT2D eigenvalue weighted by atomic mass is 10.0. The number of hydrogen-bond acceptors (Lipinski definition) is 3. The Morgan fingerprint density at radius 2 is 2.11 bits per heavy atom. The van der Waals surface area contributed by atoms with Crippen LogP contribution in [0.4, 0.5) is 10.1 Å². The summed E-state index contributed by atoms with van der Waals surface area (Å²) in [6, 6.07) is 3.22. The van der Waals surface area contributed by atoms with E-state index in [0.29, 0.717) is 5.56 Å². The number of benzene rings is 1. The minimum absolute atomic E-state index is 0.198. The number of aliphatic hydroxyl groups is 1. The molecule has 106 valence electrons. The SMILES string of the molecule is Cc1cc(N2CCC(C(C)O)C2)c([C@H](C)N)cc1F. The maximum absolute atomic E-state index is 13.7. The molecule has 0 saturated carbocycles. The number of aliphatic hydroxyl groups excluding tert-OH is 1. The van der Waals surface area contributed by atoms with Gasteiger partial charge in [0.2, 0.25) is 0 Å². The van der Waals surface area contributed by atoms with Crippen LogP contribution < -0.4 is 10.6 Å². The average Bonchev–Trinajstić information content (AvgIpc) is 2.81. The van der Waals surface area contributed by atoms with Crippen LogP contribution in [0.3, 0.4) is 0 Å². The van der Waals surface area contributed by atoms with Gasteiger partial charge in [-0.2, -0.15) is 0 Å². The van der Waals surface area contributed by atoms with Crippen molar-refractivity contribution in [2.75, 3.05) is 18.0 Å². The molecule has 3 nitrogen and oxygen atoms in total. The van der Waals surface area contributed by atoms with Crippen molar-refractivity contribution in [2.45, 2.75) is 39.3 Å². The number of anilines is 1. The van der Waals surface area contributed by atoms with Crippen molar-refractivity contribution < 1.29 is 9.50 Å². The molecule has 1 fully saturated rings. The smallest absolute Gasteiger partial charge is 0.126 e. The topological polar surface area (TPSA) is 49.5 Å². The molecule has 2 unspecified atom stereocenters. The van der Waals surface area contributed by atoms with Crippen LogP contribution in [-0.4, -0.2) is 24.3 Å². The molecule has 0 amide bonds. The predicted octanol–water partition coefficient (Wildman–Crippen LogP) is 2.36. The highest BCUT2D eigenvalue weighted by Crippen LogP contribution is 2.32. The number of halogens is 1. The van der Waals surface area contributed by atoms with Crippen molar-refractivity contribution in [3.63, 3.8) is 0 Å². The molecule has 19 heavy (non-hydrogen) atoms. The van der Waals surface area contributed by atoms with E-state index < -0.39 is 0 Å². The first-order chi connectivity index (χ1) is 8.90. The molecule has 1 aliphatic rings. The fourth-order valence-electron chi connectivity index (χ4n) is 2.72. The van der Waals surface area contributed by atoms with Crippen LogP contribution in [0.2, 0.25) is 0 Å². The van der Waals surface area contributed by atoms with Gasteiger partial charge >= 0.3 is 0 Å². The van der Waals surface area contributed by atoms with Crippen LogP contribution in [0.25, 0.3) is 0 Å². The first-order valence-electron chi connectivity index (χ1n) is 6.88. The third kappa shape index (κ3) is 2.90. The molecule has 1 heterocycles. The summed E-state index contributed by atoms with van der Waals surface area (Å²) in [6.07, 6.45) is 0.664.